The van der Waals surface area contributed by atoms with E-state index in [2.05, 4.69) is 39.6 Å². The zero-order valence-corrected chi connectivity index (χ0v) is 14.9. The lowest BCUT2D eigenvalue weighted by Crippen LogP contribution is -2.53. The molecule has 0 radical (unpaired) electrons. The first kappa shape index (κ1) is 16.3. The van der Waals surface area contributed by atoms with Gasteiger partial charge in [0, 0.05) is 43.1 Å². The summed E-state index contributed by atoms with van der Waals surface area (Å²) in [7, 11) is 0. The minimum absolute atomic E-state index is 0.0896. The van der Waals surface area contributed by atoms with Crippen molar-refractivity contribution in [3.8, 4) is 0 Å². The van der Waals surface area contributed by atoms with Crippen molar-refractivity contribution in [2.24, 2.45) is 0 Å². The minimum Gasteiger partial charge on any atom is -0.361 e. The highest BCUT2D eigenvalue weighted by molar-refractivity contribution is 5.81. The highest BCUT2D eigenvalue weighted by Crippen LogP contribution is 2.43. The third-order valence-corrected chi connectivity index (χ3v) is 5.96. The Labute approximate surface area is 148 Å². The van der Waals surface area contributed by atoms with Crippen LogP contribution in [-0.4, -0.2) is 34.6 Å². The number of rotatable bonds is 3. The number of aryl methyl sites for hydroxylation is 2. The number of amides is 1. The second kappa shape index (κ2) is 6.30. The molecular weight excluding hydrogens is 314 g/mol. The van der Waals surface area contributed by atoms with E-state index in [1.165, 1.54) is 11.1 Å². The highest BCUT2D eigenvalue weighted by atomic mass is 16.5. The van der Waals surface area contributed by atoms with E-state index in [0.29, 0.717) is 6.42 Å². The number of likely N-dealkylation sites (tertiary alicyclic amines) is 1. The van der Waals surface area contributed by atoms with Crippen LogP contribution in [0.3, 0.4) is 0 Å². The molecule has 2 saturated heterocycles. The maximum atomic E-state index is 12.2. The van der Waals surface area contributed by atoms with E-state index in [1.807, 2.05) is 19.9 Å². The molecule has 0 saturated carbocycles. The van der Waals surface area contributed by atoms with E-state index < -0.39 is 0 Å². The van der Waals surface area contributed by atoms with Crippen LogP contribution in [0.15, 0.2) is 34.9 Å². The van der Waals surface area contributed by atoms with Crippen LogP contribution >= 0.6 is 0 Å². The normalized spacial score (nSPS) is 23.1. The average Bonchev–Trinajstić information content (AvgIpc) is 3.11. The van der Waals surface area contributed by atoms with Gasteiger partial charge in [0.2, 0.25) is 5.91 Å². The molecule has 5 heteroatoms. The molecule has 5 nitrogen and oxygen atoms in total. The Hall–Kier alpha value is -2.14. The maximum Gasteiger partial charge on any atom is 0.221 e. The number of carbonyl (C=O) groups is 1. The molecule has 1 N–H and O–H groups in total. The second-order valence-corrected chi connectivity index (χ2v) is 7.45. The molecule has 1 aromatic carbocycles. The van der Waals surface area contributed by atoms with Crippen LogP contribution in [0.4, 0.5) is 0 Å². The first-order valence-electron chi connectivity index (χ1n) is 9.07. The van der Waals surface area contributed by atoms with Gasteiger partial charge in [-0.2, -0.15) is 0 Å². The standard InChI is InChI=1S/C20H25N3O2/c1-14-17(15(2)25-22-14)13-23-10-8-20(9-11-23)18(12-19(24)21-20)16-6-4-3-5-7-16/h3-7,18H,8-13H2,1-2H3,(H,21,24). The fraction of sp³-hybridized carbons (Fsp3) is 0.500. The lowest BCUT2D eigenvalue weighted by molar-refractivity contribution is -0.120. The first-order chi connectivity index (χ1) is 12.1. The summed E-state index contributed by atoms with van der Waals surface area (Å²) in [6, 6.07) is 10.5. The Morgan fingerprint density at radius 1 is 1.24 bits per heavy atom. The summed E-state index contributed by atoms with van der Waals surface area (Å²) >= 11 is 0. The van der Waals surface area contributed by atoms with E-state index in [-0.39, 0.29) is 17.4 Å². The van der Waals surface area contributed by atoms with E-state index >= 15 is 0 Å². The summed E-state index contributed by atoms with van der Waals surface area (Å²) in [5, 5.41) is 7.38. The molecule has 0 aliphatic carbocycles. The Morgan fingerprint density at radius 2 is 1.96 bits per heavy atom. The zero-order valence-electron chi connectivity index (χ0n) is 14.9. The molecule has 1 spiro atoms. The van der Waals surface area contributed by atoms with Crippen molar-refractivity contribution in [2.45, 2.75) is 51.1 Å². The van der Waals surface area contributed by atoms with Crippen LogP contribution in [0.25, 0.3) is 0 Å². The number of hydrogen-bond acceptors (Lipinski definition) is 4. The van der Waals surface area contributed by atoms with Gasteiger partial charge < -0.3 is 9.84 Å². The Bertz CT molecular complexity index is 741. The molecule has 132 valence electrons. The molecule has 25 heavy (non-hydrogen) atoms. The first-order valence-corrected chi connectivity index (χ1v) is 9.07. The van der Waals surface area contributed by atoms with E-state index in [4.69, 9.17) is 4.52 Å². The highest BCUT2D eigenvalue weighted by Gasteiger charge is 2.48. The number of benzene rings is 1. The van der Waals surface area contributed by atoms with Crippen molar-refractivity contribution in [1.82, 2.24) is 15.4 Å². The monoisotopic (exact) mass is 339 g/mol. The van der Waals surface area contributed by atoms with Crippen molar-refractivity contribution < 1.29 is 9.32 Å². The summed E-state index contributed by atoms with van der Waals surface area (Å²) in [4.78, 5) is 14.6. The second-order valence-electron chi connectivity index (χ2n) is 7.45. The Kier molecular flexibility index (Phi) is 4.12. The summed E-state index contributed by atoms with van der Waals surface area (Å²) in [6.45, 7) is 6.81. The average molecular weight is 339 g/mol. The molecule has 0 bridgehead atoms. The van der Waals surface area contributed by atoms with Gasteiger partial charge in [-0.15, -0.1) is 0 Å². The fourth-order valence-electron chi connectivity index (χ4n) is 4.45. The molecule has 1 amide bonds. The lowest BCUT2D eigenvalue weighted by Gasteiger charge is -2.43. The number of hydrogen-bond donors (Lipinski definition) is 1. The SMILES string of the molecule is Cc1noc(C)c1CN1CCC2(CC1)NC(=O)CC2c1ccccc1. The third kappa shape index (κ3) is 2.97. The largest absolute Gasteiger partial charge is 0.361 e. The summed E-state index contributed by atoms with van der Waals surface area (Å²) < 4.78 is 5.29. The van der Waals surface area contributed by atoms with Gasteiger partial charge >= 0.3 is 0 Å². The van der Waals surface area contributed by atoms with Gasteiger partial charge in [-0.05, 0) is 32.3 Å². The molecule has 1 unspecified atom stereocenters. The van der Waals surface area contributed by atoms with Crippen LogP contribution in [-0.2, 0) is 11.3 Å². The number of aromatic nitrogens is 1. The quantitative estimate of drug-likeness (QED) is 0.934. The molecule has 2 aliphatic rings. The molecule has 2 aliphatic heterocycles. The zero-order chi connectivity index (χ0) is 17.4. The number of nitrogens with zero attached hydrogens (tertiary/aromatic N) is 2. The Morgan fingerprint density at radius 3 is 2.60 bits per heavy atom. The predicted octanol–water partition coefficient (Wildman–Crippen LogP) is 2.93. The molecule has 4 rings (SSSR count). The van der Waals surface area contributed by atoms with Gasteiger partial charge in [0.1, 0.15) is 5.76 Å². The minimum atomic E-state index is -0.0896. The van der Waals surface area contributed by atoms with E-state index in [9.17, 15) is 4.79 Å². The van der Waals surface area contributed by atoms with Gasteiger partial charge in [-0.25, -0.2) is 0 Å². The van der Waals surface area contributed by atoms with Crippen LogP contribution < -0.4 is 5.32 Å². The lowest BCUT2D eigenvalue weighted by atomic mass is 9.74. The smallest absolute Gasteiger partial charge is 0.221 e. The van der Waals surface area contributed by atoms with Crippen LogP contribution in [0.1, 0.15) is 47.8 Å². The topological polar surface area (TPSA) is 58.4 Å². The van der Waals surface area contributed by atoms with Crippen molar-refractivity contribution in [3.05, 3.63) is 52.9 Å². The van der Waals surface area contributed by atoms with Crippen LogP contribution in [0.5, 0.6) is 0 Å². The van der Waals surface area contributed by atoms with Crippen molar-refractivity contribution in [2.75, 3.05) is 13.1 Å². The molecule has 1 atom stereocenters. The van der Waals surface area contributed by atoms with Gasteiger partial charge in [0.15, 0.2) is 0 Å². The summed E-state index contributed by atoms with van der Waals surface area (Å²) in [5.41, 5.74) is 3.37. The van der Waals surface area contributed by atoms with E-state index in [0.717, 1.165) is 43.9 Å². The van der Waals surface area contributed by atoms with Gasteiger partial charge in [0.25, 0.3) is 0 Å². The fourth-order valence-corrected chi connectivity index (χ4v) is 4.45. The number of piperidine rings is 1. The molecule has 2 fully saturated rings. The number of nitrogens with one attached hydrogen (secondary N) is 1. The van der Waals surface area contributed by atoms with E-state index in [1.54, 1.807) is 0 Å². The number of carbonyl (C=O) groups excluding carboxylic acids is 1. The van der Waals surface area contributed by atoms with Crippen molar-refractivity contribution >= 4 is 5.91 Å². The molecule has 1 aromatic heterocycles. The third-order valence-electron chi connectivity index (χ3n) is 5.96. The van der Waals surface area contributed by atoms with Crippen LogP contribution in [0.2, 0.25) is 0 Å². The Balaban J connectivity index is 1.49. The van der Waals surface area contributed by atoms with Gasteiger partial charge in [0.05, 0.1) is 5.69 Å². The molecule has 2 aromatic rings. The van der Waals surface area contributed by atoms with Crippen molar-refractivity contribution in [1.29, 1.82) is 0 Å². The molecule has 3 heterocycles. The summed E-state index contributed by atoms with van der Waals surface area (Å²) in [6.07, 6.45) is 2.58. The summed E-state index contributed by atoms with van der Waals surface area (Å²) in [5.74, 6) is 1.38. The van der Waals surface area contributed by atoms with Gasteiger partial charge in [-0.3, -0.25) is 9.69 Å². The van der Waals surface area contributed by atoms with Gasteiger partial charge in [-0.1, -0.05) is 35.5 Å². The molecular formula is C20H25N3O2. The predicted molar refractivity (Wildman–Crippen MR) is 95.2 cm³/mol. The van der Waals surface area contributed by atoms with Crippen LogP contribution in [0, 0.1) is 13.8 Å². The van der Waals surface area contributed by atoms with Crippen molar-refractivity contribution in [3.63, 3.8) is 0 Å². The maximum absolute atomic E-state index is 12.2.